The minimum absolute atomic E-state index is 0. The summed E-state index contributed by atoms with van der Waals surface area (Å²) in [6.07, 6.45) is 3.48. The van der Waals surface area contributed by atoms with Crippen LogP contribution in [0.5, 0.6) is 0 Å². The lowest BCUT2D eigenvalue weighted by Crippen LogP contribution is -2.37. The van der Waals surface area contributed by atoms with Gasteiger partial charge in [0.15, 0.2) is 0 Å². The van der Waals surface area contributed by atoms with Crippen molar-refractivity contribution >= 4 is 29.9 Å². The van der Waals surface area contributed by atoms with Crippen LogP contribution in [0.4, 0.5) is 5.69 Å². The van der Waals surface area contributed by atoms with Crippen LogP contribution in [0.2, 0.25) is 0 Å². The summed E-state index contributed by atoms with van der Waals surface area (Å²) in [5.41, 5.74) is 7.16. The van der Waals surface area contributed by atoms with Crippen LogP contribution in [0.3, 0.4) is 0 Å². The molecule has 0 aliphatic carbocycles. The normalized spacial score (nSPS) is 14.6. The van der Waals surface area contributed by atoms with Crippen LogP contribution < -0.4 is 11.1 Å². The number of carbonyl (C=O) groups excluding carboxylic acids is 2. The number of hydrogen-bond acceptors (Lipinski definition) is 4. The molecule has 0 atom stereocenters. The molecule has 1 aromatic heterocycles. The third kappa shape index (κ3) is 4.65. The maximum Gasteiger partial charge on any atom is 0.258 e. The van der Waals surface area contributed by atoms with Crippen molar-refractivity contribution in [3.63, 3.8) is 0 Å². The van der Waals surface area contributed by atoms with Crippen LogP contribution in [0.15, 0.2) is 41.0 Å². The predicted octanol–water partition coefficient (Wildman–Crippen LogP) is 3.28. The first-order valence-corrected chi connectivity index (χ1v) is 8.55. The number of hydrogen-bond donors (Lipinski definition) is 2. The van der Waals surface area contributed by atoms with Crippen LogP contribution in [0, 0.1) is 5.92 Å². The summed E-state index contributed by atoms with van der Waals surface area (Å²) in [4.78, 5) is 26.6. The molecule has 3 rings (SSSR count). The van der Waals surface area contributed by atoms with Gasteiger partial charge in [-0.3, -0.25) is 9.59 Å². The first kappa shape index (κ1) is 20.0. The summed E-state index contributed by atoms with van der Waals surface area (Å²) in [7, 11) is 0. The van der Waals surface area contributed by atoms with Crippen LogP contribution in [-0.2, 0) is 6.54 Å². The lowest BCUT2D eigenvalue weighted by molar-refractivity contribution is 0.0697. The van der Waals surface area contributed by atoms with E-state index >= 15 is 0 Å². The van der Waals surface area contributed by atoms with Crippen molar-refractivity contribution in [3.05, 3.63) is 53.5 Å². The molecule has 0 spiro atoms. The molecule has 7 heteroatoms. The molecule has 1 aromatic carbocycles. The third-order valence-electron chi connectivity index (χ3n) is 4.58. The van der Waals surface area contributed by atoms with Gasteiger partial charge in [-0.25, -0.2) is 0 Å². The van der Waals surface area contributed by atoms with E-state index < -0.39 is 0 Å². The van der Waals surface area contributed by atoms with Crippen molar-refractivity contribution in [2.24, 2.45) is 11.7 Å². The van der Waals surface area contributed by atoms with E-state index in [0.29, 0.717) is 28.5 Å². The SMILES string of the molecule is CC1CCN(C(=O)c2ccc(NC(=O)c3coc(CN)c3)cc2)CC1.Cl. The maximum atomic E-state index is 12.5. The second kappa shape index (κ2) is 8.87. The fourth-order valence-corrected chi connectivity index (χ4v) is 2.90. The van der Waals surface area contributed by atoms with E-state index in [1.807, 2.05) is 4.90 Å². The molecule has 0 saturated carbocycles. The molecule has 2 amide bonds. The van der Waals surface area contributed by atoms with Gasteiger partial charge in [0.05, 0.1) is 12.1 Å². The van der Waals surface area contributed by atoms with Gasteiger partial charge < -0.3 is 20.4 Å². The van der Waals surface area contributed by atoms with Gasteiger partial charge in [0.25, 0.3) is 11.8 Å². The highest BCUT2D eigenvalue weighted by molar-refractivity contribution is 6.04. The number of nitrogens with two attached hydrogens (primary N) is 1. The topological polar surface area (TPSA) is 88.6 Å². The first-order valence-electron chi connectivity index (χ1n) is 8.55. The molecule has 2 heterocycles. The third-order valence-corrected chi connectivity index (χ3v) is 4.58. The van der Waals surface area contributed by atoms with Gasteiger partial charge in [-0.2, -0.15) is 0 Å². The second-order valence-electron chi connectivity index (χ2n) is 6.51. The van der Waals surface area contributed by atoms with Crippen molar-refractivity contribution < 1.29 is 14.0 Å². The summed E-state index contributed by atoms with van der Waals surface area (Å²) >= 11 is 0. The molecule has 1 fully saturated rings. The zero-order valence-corrected chi connectivity index (χ0v) is 15.6. The quantitative estimate of drug-likeness (QED) is 0.855. The molecule has 3 N–H and O–H groups in total. The average molecular weight is 378 g/mol. The van der Waals surface area contributed by atoms with E-state index in [9.17, 15) is 9.59 Å². The number of rotatable bonds is 4. The number of anilines is 1. The lowest BCUT2D eigenvalue weighted by Gasteiger charge is -2.30. The van der Waals surface area contributed by atoms with Gasteiger partial charge in [-0.15, -0.1) is 12.4 Å². The molecule has 1 aliphatic rings. The Labute approximate surface area is 159 Å². The van der Waals surface area contributed by atoms with E-state index in [2.05, 4.69) is 12.2 Å². The Kier molecular flexibility index (Phi) is 6.83. The van der Waals surface area contributed by atoms with E-state index in [1.165, 1.54) is 6.26 Å². The number of furan rings is 1. The second-order valence-corrected chi connectivity index (χ2v) is 6.51. The monoisotopic (exact) mass is 377 g/mol. The molecule has 1 saturated heterocycles. The summed E-state index contributed by atoms with van der Waals surface area (Å²) in [5.74, 6) is 1.02. The smallest absolute Gasteiger partial charge is 0.258 e. The molecule has 0 radical (unpaired) electrons. The highest BCUT2D eigenvalue weighted by Crippen LogP contribution is 2.19. The van der Waals surface area contributed by atoms with Crippen molar-refractivity contribution in [1.82, 2.24) is 4.90 Å². The van der Waals surface area contributed by atoms with Gasteiger partial charge in [0, 0.05) is 24.3 Å². The fourth-order valence-electron chi connectivity index (χ4n) is 2.90. The minimum atomic E-state index is -0.271. The lowest BCUT2D eigenvalue weighted by atomic mass is 9.98. The summed E-state index contributed by atoms with van der Waals surface area (Å²) in [6, 6.07) is 8.58. The Hall–Kier alpha value is -2.31. The van der Waals surface area contributed by atoms with Crippen LogP contribution in [-0.4, -0.2) is 29.8 Å². The van der Waals surface area contributed by atoms with Gasteiger partial charge in [0.1, 0.15) is 12.0 Å². The number of likely N-dealkylation sites (tertiary alicyclic amines) is 1. The number of halogens is 1. The van der Waals surface area contributed by atoms with Crippen molar-refractivity contribution in [2.75, 3.05) is 18.4 Å². The molecule has 140 valence electrons. The number of carbonyl (C=O) groups is 2. The summed E-state index contributed by atoms with van der Waals surface area (Å²) in [5, 5.41) is 2.78. The zero-order valence-electron chi connectivity index (χ0n) is 14.7. The Balaban J connectivity index is 0.00000243. The van der Waals surface area contributed by atoms with Crippen molar-refractivity contribution in [3.8, 4) is 0 Å². The summed E-state index contributed by atoms with van der Waals surface area (Å²) in [6.45, 7) is 4.08. The molecular formula is C19H24ClN3O3. The number of amides is 2. The highest BCUT2D eigenvalue weighted by atomic mass is 35.5. The average Bonchev–Trinajstić information content (AvgIpc) is 3.12. The molecule has 0 bridgehead atoms. The number of nitrogens with zero attached hydrogens (tertiary/aromatic N) is 1. The van der Waals surface area contributed by atoms with Crippen LogP contribution >= 0.6 is 12.4 Å². The molecule has 26 heavy (non-hydrogen) atoms. The Morgan fingerprint density at radius 2 is 1.85 bits per heavy atom. The van der Waals surface area contributed by atoms with Crippen molar-refractivity contribution in [1.29, 1.82) is 0 Å². The number of nitrogens with one attached hydrogen (secondary N) is 1. The van der Waals surface area contributed by atoms with Gasteiger partial charge in [-0.1, -0.05) is 6.92 Å². The maximum absolute atomic E-state index is 12.5. The largest absolute Gasteiger partial charge is 0.467 e. The van der Waals surface area contributed by atoms with E-state index in [1.54, 1.807) is 30.3 Å². The van der Waals surface area contributed by atoms with E-state index in [-0.39, 0.29) is 30.8 Å². The van der Waals surface area contributed by atoms with E-state index in [4.69, 9.17) is 10.2 Å². The number of benzene rings is 1. The van der Waals surface area contributed by atoms with Gasteiger partial charge >= 0.3 is 0 Å². The van der Waals surface area contributed by atoms with E-state index in [0.717, 1.165) is 25.9 Å². The first-order chi connectivity index (χ1) is 12.1. The van der Waals surface area contributed by atoms with Crippen molar-refractivity contribution in [2.45, 2.75) is 26.3 Å². The summed E-state index contributed by atoms with van der Waals surface area (Å²) < 4.78 is 5.16. The van der Waals surface area contributed by atoms with Gasteiger partial charge in [-0.05, 0) is 49.1 Å². The predicted molar refractivity (Wildman–Crippen MR) is 103 cm³/mol. The van der Waals surface area contributed by atoms with Crippen LogP contribution in [0.25, 0.3) is 0 Å². The molecule has 6 nitrogen and oxygen atoms in total. The Bertz CT molecular complexity index is 750. The van der Waals surface area contributed by atoms with Gasteiger partial charge in [0.2, 0.25) is 0 Å². The Morgan fingerprint density at radius 3 is 2.42 bits per heavy atom. The Morgan fingerprint density at radius 1 is 1.19 bits per heavy atom. The standard InChI is InChI=1S/C19H23N3O3.ClH/c1-13-6-8-22(9-7-13)19(24)14-2-4-16(5-3-14)21-18(23)15-10-17(11-20)25-12-15;/h2-5,10,12-13H,6-9,11,20H2,1H3,(H,21,23);1H. The highest BCUT2D eigenvalue weighted by Gasteiger charge is 2.21. The molecular weight excluding hydrogens is 354 g/mol. The number of piperidine rings is 1. The molecule has 2 aromatic rings. The zero-order chi connectivity index (χ0) is 17.8. The van der Waals surface area contributed by atoms with Crippen LogP contribution in [0.1, 0.15) is 46.2 Å². The molecule has 1 aliphatic heterocycles. The molecule has 0 unspecified atom stereocenters. The fraction of sp³-hybridized carbons (Fsp3) is 0.368. The minimum Gasteiger partial charge on any atom is -0.467 e.